The molecule has 8 nitrogen and oxygen atoms in total. The van der Waals surface area contributed by atoms with Gasteiger partial charge in [0.2, 0.25) is 5.91 Å². The summed E-state index contributed by atoms with van der Waals surface area (Å²) in [4.78, 5) is 22.3. The van der Waals surface area contributed by atoms with Gasteiger partial charge in [-0.3, -0.25) is 14.5 Å². The lowest BCUT2D eigenvalue weighted by atomic mass is 10.0. The van der Waals surface area contributed by atoms with Gasteiger partial charge in [0, 0.05) is 66.3 Å². The van der Waals surface area contributed by atoms with Crippen molar-refractivity contribution in [1.82, 2.24) is 19.7 Å². The number of carbonyl (C=O) groups excluding carboxylic acids is 1. The smallest absolute Gasteiger partial charge is 0.219 e. The van der Waals surface area contributed by atoms with Crippen molar-refractivity contribution in [3.63, 3.8) is 0 Å². The molecule has 1 saturated heterocycles. The molecule has 33 heavy (non-hydrogen) atoms. The second-order valence-corrected chi connectivity index (χ2v) is 8.70. The number of fused-ring (bicyclic) bond motifs is 2. The lowest BCUT2D eigenvalue weighted by Crippen LogP contribution is -2.37. The zero-order valence-electron chi connectivity index (χ0n) is 18.4. The zero-order valence-corrected chi connectivity index (χ0v) is 18.4. The highest BCUT2D eigenvalue weighted by Crippen LogP contribution is 2.38. The number of carbonyl (C=O) groups is 1. The van der Waals surface area contributed by atoms with Crippen LogP contribution in [-0.2, 0) is 11.3 Å². The number of aromatic nitrogens is 3. The third kappa shape index (κ3) is 3.29. The molecule has 0 aliphatic carbocycles. The van der Waals surface area contributed by atoms with Gasteiger partial charge in [-0.15, -0.1) is 0 Å². The molecule has 0 atom stereocenters. The van der Waals surface area contributed by atoms with E-state index in [9.17, 15) is 4.79 Å². The molecule has 0 saturated carbocycles. The van der Waals surface area contributed by atoms with E-state index in [0.29, 0.717) is 17.9 Å². The van der Waals surface area contributed by atoms with Crippen LogP contribution in [0.15, 0.2) is 52.3 Å². The molecule has 2 N–H and O–H groups in total. The van der Waals surface area contributed by atoms with Gasteiger partial charge in [-0.25, -0.2) is 4.98 Å². The van der Waals surface area contributed by atoms with Gasteiger partial charge in [0.25, 0.3) is 0 Å². The molecule has 1 fully saturated rings. The van der Waals surface area contributed by atoms with E-state index in [-0.39, 0.29) is 11.9 Å². The molecular formula is C25H24N6O2. The molecular weight excluding hydrogens is 416 g/mol. The molecule has 2 aliphatic heterocycles. The first-order valence-corrected chi connectivity index (χ1v) is 11.2. The Morgan fingerprint density at radius 2 is 2.03 bits per heavy atom. The van der Waals surface area contributed by atoms with Gasteiger partial charge in [0.1, 0.15) is 5.76 Å². The molecule has 1 aromatic carbocycles. The number of nitrogens with zero attached hydrogens (tertiary/aromatic N) is 5. The van der Waals surface area contributed by atoms with Crippen molar-refractivity contribution >= 4 is 28.9 Å². The minimum absolute atomic E-state index is 0.135. The second kappa shape index (κ2) is 7.58. The van der Waals surface area contributed by atoms with Crippen LogP contribution in [-0.4, -0.2) is 44.9 Å². The number of nitrogens with two attached hydrogens (primary N) is 1. The summed E-state index contributed by atoms with van der Waals surface area (Å²) in [6, 6.07) is 8.47. The fraction of sp³-hybridized carbons (Fsp3) is 0.280. The molecule has 0 bridgehead atoms. The SMILES string of the molecule is CC(=O)N1CCC(n2cc(-c3cnc(N)c4oc(-c5cccc6c5C=NC6)cc34)cn2)CC1. The van der Waals surface area contributed by atoms with Crippen LogP contribution in [0.5, 0.6) is 0 Å². The molecule has 3 aromatic heterocycles. The summed E-state index contributed by atoms with van der Waals surface area (Å²) in [6.07, 6.45) is 9.40. The Kier molecular flexibility index (Phi) is 4.53. The number of nitrogen functional groups attached to an aromatic ring is 1. The van der Waals surface area contributed by atoms with E-state index in [0.717, 1.165) is 59.3 Å². The second-order valence-electron chi connectivity index (χ2n) is 8.70. The van der Waals surface area contributed by atoms with Crippen LogP contribution >= 0.6 is 0 Å². The Balaban J connectivity index is 1.36. The molecule has 0 radical (unpaired) electrons. The number of rotatable bonds is 3. The summed E-state index contributed by atoms with van der Waals surface area (Å²) in [5, 5.41) is 5.55. The maximum Gasteiger partial charge on any atom is 0.219 e. The standard InChI is InChI=1S/C25H24N6O2/c1-15(32)30-7-5-18(6-8-30)31-14-17(11-29-31)22-13-28-25(26)24-20(22)9-23(33-24)19-4-2-3-16-10-27-12-21(16)19/h2-4,9,11-14,18H,5-8,10H2,1H3,(H2,26,28). The third-order valence-electron chi connectivity index (χ3n) is 6.73. The van der Waals surface area contributed by atoms with Gasteiger partial charge in [0.05, 0.1) is 18.8 Å². The molecule has 8 heteroatoms. The number of likely N-dealkylation sites (tertiary alicyclic amines) is 1. The van der Waals surface area contributed by atoms with Gasteiger partial charge in [-0.05, 0) is 24.5 Å². The Morgan fingerprint density at radius 1 is 1.18 bits per heavy atom. The van der Waals surface area contributed by atoms with Gasteiger partial charge >= 0.3 is 0 Å². The number of anilines is 1. The van der Waals surface area contributed by atoms with Gasteiger partial charge in [0.15, 0.2) is 11.4 Å². The van der Waals surface area contributed by atoms with Crippen molar-refractivity contribution in [3.05, 3.63) is 54.0 Å². The van der Waals surface area contributed by atoms with Crippen LogP contribution in [0.2, 0.25) is 0 Å². The highest BCUT2D eigenvalue weighted by molar-refractivity contribution is 6.02. The minimum atomic E-state index is 0.135. The highest BCUT2D eigenvalue weighted by Gasteiger charge is 2.24. The van der Waals surface area contributed by atoms with Crippen LogP contribution in [0.25, 0.3) is 33.4 Å². The van der Waals surface area contributed by atoms with Gasteiger partial charge < -0.3 is 15.1 Å². The minimum Gasteiger partial charge on any atom is -0.452 e. The summed E-state index contributed by atoms with van der Waals surface area (Å²) >= 11 is 0. The topological polar surface area (TPSA) is 103 Å². The van der Waals surface area contributed by atoms with Crippen LogP contribution in [0.1, 0.15) is 36.9 Å². The van der Waals surface area contributed by atoms with E-state index in [1.54, 1.807) is 13.1 Å². The van der Waals surface area contributed by atoms with E-state index in [1.165, 1.54) is 5.56 Å². The monoisotopic (exact) mass is 440 g/mol. The summed E-state index contributed by atoms with van der Waals surface area (Å²) in [5.41, 5.74) is 11.9. The molecule has 0 unspecified atom stereocenters. The number of pyridine rings is 1. The Hall–Kier alpha value is -3.94. The van der Waals surface area contributed by atoms with Crippen molar-refractivity contribution in [2.24, 2.45) is 4.99 Å². The molecule has 2 aliphatic rings. The van der Waals surface area contributed by atoms with E-state index in [2.05, 4.69) is 27.3 Å². The average Bonchev–Trinajstić information content (AvgIpc) is 3.58. The summed E-state index contributed by atoms with van der Waals surface area (Å²) in [7, 11) is 0. The quantitative estimate of drug-likeness (QED) is 0.518. The van der Waals surface area contributed by atoms with Crippen molar-refractivity contribution in [3.8, 4) is 22.5 Å². The maximum absolute atomic E-state index is 11.6. The normalized spacial score (nSPS) is 16.0. The third-order valence-corrected chi connectivity index (χ3v) is 6.73. The van der Waals surface area contributed by atoms with Crippen LogP contribution in [0.4, 0.5) is 5.82 Å². The zero-order chi connectivity index (χ0) is 22.5. The van der Waals surface area contributed by atoms with Crippen LogP contribution in [0, 0.1) is 0 Å². The first-order chi connectivity index (χ1) is 16.1. The number of piperidine rings is 1. The summed E-state index contributed by atoms with van der Waals surface area (Å²) in [6.45, 7) is 3.85. The number of hydrogen-bond donors (Lipinski definition) is 1. The van der Waals surface area contributed by atoms with Crippen LogP contribution in [0.3, 0.4) is 0 Å². The van der Waals surface area contributed by atoms with Crippen molar-refractivity contribution < 1.29 is 9.21 Å². The van der Waals surface area contributed by atoms with Crippen molar-refractivity contribution in [2.45, 2.75) is 32.4 Å². The predicted octanol–water partition coefficient (Wildman–Crippen LogP) is 4.06. The van der Waals surface area contributed by atoms with Crippen LogP contribution < -0.4 is 5.73 Å². The Labute approximate surface area is 190 Å². The van der Waals surface area contributed by atoms with Gasteiger partial charge in [-0.1, -0.05) is 18.2 Å². The molecule has 1 amide bonds. The number of amides is 1. The Morgan fingerprint density at radius 3 is 2.85 bits per heavy atom. The predicted molar refractivity (Wildman–Crippen MR) is 127 cm³/mol. The molecule has 0 spiro atoms. The maximum atomic E-state index is 11.6. The molecule has 4 aromatic rings. The summed E-state index contributed by atoms with van der Waals surface area (Å²) in [5.74, 6) is 1.25. The lowest BCUT2D eigenvalue weighted by molar-refractivity contribution is -0.130. The van der Waals surface area contributed by atoms with E-state index in [1.807, 2.05) is 40.2 Å². The van der Waals surface area contributed by atoms with Crippen molar-refractivity contribution in [2.75, 3.05) is 18.8 Å². The number of furan rings is 1. The number of aliphatic imine (C=N–C) groups is 1. The fourth-order valence-corrected chi connectivity index (χ4v) is 4.88. The highest BCUT2D eigenvalue weighted by atomic mass is 16.3. The lowest BCUT2D eigenvalue weighted by Gasteiger charge is -2.31. The molecule has 6 rings (SSSR count). The summed E-state index contributed by atoms with van der Waals surface area (Å²) < 4.78 is 8.23. The number of hydrogen-bond acceptors (Lipinski definition) is 6. The first-order valence-electron chi connectivity index (χ1n) is 11.2. The van der Waals surface area contributed by atoms with Crippen molar-refractivity contribution in [1.29, 1.82) is 0 Å². The van der Waals surface area contributed by atoms with E-state index >= 15 is 0 Å². The molecule has 5 heterocycles. The average molecular weight is 441 g/mol. The van der Waals surface area contributed by atoms with E-state index < -0.39 is 0 Å². The first kappa shape index (κ1) is 19.7. The molecule has 166 valence electrons. The fourth-order valence-electron chi connectivity index (χ4n) is 4.88. The van der Waals surface area contributed by atoms with Gasteiger partial charge in [-0.2, -0.15) is 5.10 Å². The van der Waals surface area contributed by atoms with E-state index in [4.69, 9.17) is 10.2 Å². The largest absolute Gasteiger partial charge is 0.452 e. The Bertz CT molecular complexity index is 1410. The number of benzene rings is 1.